The smallest absolute Gasteiger partial charge is 0.196 e. The highest BCUT2D eigenvalue weighted by Crippen LogP contribution is 2.36. The second-order valence-corrected chi connectivity index (χ2v) is 7.26. The minimum Gasteiger partial charge on any atom is -0.507 e. The highest BCUT2D eigenvalue weighted by Gasteiger charge is 2.31. The predicted octanol–water partition coefficient (Wildman–Crippen LogP) is 5.02. The molecule has 0 fully saturated rings. The summed E-state index contributed by atoms with van der Waals surface area (Å²) < 4.78 is 0. The number of aromatic nitrogens is 1. The van der Waals surface area contributed by atoms with Crippen molar-refractivity contribution in [3.05, 3.63) is 95.1 Å². The van der Waals surface area contributed by atoms with Crippen molar-refractivity contribution in [2.75, 3.05) is 0 Å². The van der Waals surface area contributed by atoms with Crippen LogP contribution in [0.1, 0.15) is 31.8 Å². The van der Waals surface area contributed by atoms with Crippen molar-refractivity contribution >= 4 is 44.1 Å². The normalized spacial score (nSPS) is 13.1. The van der Waals surface area contributed by atoms with Crippen LogP contribution in [-0.2, 0) is 0 Å². The monoisotopic (exact) mass is 375 g/mol. The minimum absolute atomic E-state index is 0.137. The van der Waals surface area contributed by atoms with E-state index in [1.165, 1.54) is 0 Å². The molecule has 0 saturated carbocycles. The Hall–Kier alpha value is -4.05. The van der Waals surface area contributed by atoms with Crippen molar-refractivity contribution in [2.45, 2.75) is 0 Å². The number of nitrogens with zero attached hydrogens (tertiary/aromatic N) is 1. The van der Waals surface area contributed by atoms with Gasteiger partial charge in [0, 0.05) is 38.9 Å². The van der Waals surface area contributed by atoms with Crippen LogP contribution in [0.4, 0.5) is 0 Å². The number of carbonyl (C=O) groups is 2. The molecule has 0 saturated heterocycles. The van der Waals surface area contributed by atoms with Gasteiger partial charge in [-0.2, -0.15) is 0 Å². The summed E-state index contributed by atoms with van der Waals surface area (Å²) in [6.45, 7) is 0. The molecule has 1 aliphatic carbocycles. The lowest BCUT2D eigenvalue weighted by atomic mass is 9.82. The maximum Gasteiger partial charge on any atom is 0.196 e. The zero-order valence-electron chi connectivity index (χ0n) is 15.1. The predicted molar refractivity (Wildman–Crippen MR) is 112 cm³/mol. The number of hydrogen-bond donors (Lipinski definition) is 1. The quantitative estimate of drug-likeness (QED) is 0.299. The van der Waals surface area contributed by atoms with E-state index in [2.05, 4.69) is 0 Å². The number of aromatic hydroxyl groups is 1. The second-order valence-electron chi connectivity index (χ2n) is 7.26. The molecule has 0 aliphatic heterocycles. The lowest BCUT2D eigenvalue weighted by Crippen LogP contribution is -2.21. The van der Waals surface area contributed by atoms with Crippen LogP contribution in [0.3, 0.4) is 0 Å². The molecule has 0 spiro atoms. The molecule has 0 bridgehead atoms. The fraction of sp³-hybridized carbons (Fsp3) is 0. The maximum absolute atomic E-state index is 13.2. The van der Waals surface area contributed by atoms with Crippen LogP contribution in [0.25, 0.3) is 32.6 Å². The fourth-order valence-electron chi connectivity index (χ4n) is 4.31. The number of hydrogen-bond acceptors (Lipinski definition) is 4. The molecule has 1 N–H and O–H groups in total. The molecule has 0 amide bonds. The summed E-state index contributed by atoms with van der Waals surface area (Å²) in [4.78, 5) is 30.9. The number of rotatable bonds is 0. The van der Waals surface area contributed by atoms with Gasteiger partial charge in [-0.1, -0.05) is 54.6 Å². The van der Waals surface area contributed by atoms with E-state index in [9.17, 15) is 14.7 Å². The van der Waals surface area contributed by atoms with Crippen molar-refractivity contribution < 1.29 is 14.7 Å². The first-order chi connectivity index (χ1) is 14.1. The average Bonchev–Trinajstić information content (AvgIpc) is 2.76. The van der Waals surface area contributed by atoms with Crippen LogP contribution >= 0.6 is 0 Å². The van der Waals surface area contributed by atoms with Crippen LogP contribution in [0, 0.1) is 0 Å². The van der Waals surface area contributed by atoms with Crippen LogP contribution < -0.4 is 0 Å². The Morgan fingerprint density at radius 3 is 2.14 bits per heavy atom. The number of carbonyl (C=O) groups excluding carboxylic acids is 2. The highest BCUT2D eigenvalue weighted by atomic mass is 16.3. The number of benzene rings is 4. The molecular weight excluding hydrogens is 362 g/mol. The van der Waals surface area contributed by atoms with E-state index in [-0.39, 0.29) is 17.3 Å². The van der Waals surface area contributed by atoms with E-state index >= 15 is 0 Å². The Kier molecular flexibility index (Phi) is 3.02. The molecule has 136 valence electrons. The molecule has 0 radical (unpaired) electrons. The Bertz CT molecular complexity index is 1550. The summed E-state index contributed by atoms with van der Waals surface area (Å²) in [5, 5.41) is 13.8. The molecule has 29 heavy (non-hydrogen) atoms. The van der Waals surface area contributed by atoms with E-state index in [1.54, 1.807) is 36.4 Å². The molecule has 4 nitrogen and oxygen atoms in total. The Balaban J connectivity index is 1.74. The summed E-state index contributed by atoms with van der Waals surface area (Å²) in [5.41, 5.74) is 2.60. The average molecular weight is 375 g/mol. The van der Waals surface area contributed by atoms with Crippen molar-refractivity contribution in [3.8, 4) is 5.75 Å². The lowest BCUT2D eigenvalue weighted by molar-refractivity contribution is 0.0980. The second kappa shape index (κ2) is 5.49. The first-order valence-corrected chi connectivity index (χ1v) is 9.30. The van der Waals surface area contributed by atoms with Gasteiger partial charge in [0.15, 0.2) is 11.6 Å². The van der Waals surface area contributed by atoms with E-state index < -0.39 is 0 Å². The highest BCUT2D eigenvalue weighted by molar-refractivity contribution is 6.32. The van der Waals surface area contributed by atoms with Gasteiger partial charge < -0.3 is 5.11 Å². The first-order valence-electron chi connectivity index (χ1n) is 9.30. The van der Waals surface area contributed by atoms with E-state index in [4.69, 9.17) is 4.98 Å². The molecular formula is C25H13NO3. The third-order valence-corrected chi connectivity index (χ3v) is 5.67. The van der Waals surface area contributed by atoms with E-state index in [1.807, 2.05) is 36.4 Å². The molecule has 4 heteroatoms. The number of ketones is 2. The van der Waals surface area contributed by atoms with Gasteiger partial charge >= 0.3 is 0 Å². The van der Waals surface area contributed by atoms with Gasteiger partial charge in [0.1, 0.15) is 5.75 Å². The largest absolute Gasteiger partial charge is 0.507 e. The van der Waals surface area contributed by atoms with E-state index in [0.29, 0.717) is 33.3 Å². The van der Waals surface area contributed by atoms with Crippen LogP contribution in [0.5, 0.6) is 5.75 Å². The van der Waals surface area contributed by atoms with Crippen molar-refractivity contribution in [3.63, 3.8) is 0 Å². The van der Waals surface area contributed by atoms with Crippen molar-refractivity contribution in [1.29, 1.82) is 0 Å². The van der Waals surface area contributed by atoms with Gasteiger partial charge in [0.25, 0.3) is 0 Å². The SMILES string of the molecule is O=C1c2ccccc2C(=O)c2c1ccc1cc3c(cc(O)c4ccccc43)nc21. The summed E-state index contributed by atoms with van der Waals surface area (Å²) in [7, 11) is 0. The summed E-state index contributed by atoms with van der Waals surface area (Å²) in [6.07, 6.45) is 0. The van der Waals surface area contributed by atoms with Gasteiger partial charge in [-0.25, -0.2) is 4.98 Å². The Labute approximate surface area is 165 Å². The number of fused-ring (bicyclic) bond motifs is 7. The third kappa shape index (κ3) is 2.05. The van der Waals surface area contributed by atoms with Crippen molar-refractivity contribution in [2.24, 2.45) is 0 Å². The standard InChI is InChI=1S/C25H13NO3/c27-21-12-20-19(14-5-1-2-6-15(14)21)11-13-9-10-18-22(23(13)26-20)25(29)17-8-4-3-7-16(17)24(18)28/h1-12,27H. The zero-order valence-corrected chi connectivity index (χ0v) is 15.1. The molecule has 4 aromatic carbocycles. The van der Waals surface area contributed by atoms with Gasteiger partial charge in [-0.15, -0.1) is 0 Å². The summed E-state index contributed by atoms with van der Waals surface area (Å²) in [6, 6.07) is 21.6. The molecule has 1 aromatic heterocycles. The van der Waals surface area contributed by atoms with Crippen LogP contribution in [-0.4, -0.2) is 21.7 Å². The van der Waals surface area contributed by atoms with Gasteiger partial charge in [0.2, 0.25) is 0 Å². The summed E-state index contributed by atoms with van der Waals surface area (Å²) >= 11 is 0. The molecule has 6 rings (SSSR count). The minimum atomic E-state index is -0.197. The fourth-order valence-corrected chi connectivity index (χ4v) is 4.31. The molecule has 5 aromatic rings. The third-order valence-electron chi connectivity index (χ3n) is 5.67. The van der Waals surface area contributed by atoms with Gasteiger partial charge in [-0.3, -0.25) is 9.59 Å². The number of pyridine rings is 1. The molecule has 1 heterocycles. The maximum atomic E-state index is 13.2. The van der Waals surface area contributed by atoms with Crippen molar-refractivity contribution in [1.82, 2.24) is 4.98 Å². The zero-order chi connectivity index (χ0) is 19.7. The topological polar surface area (TPSA) is 67.3 Å². The van der Waals surface area contributed by atoms with E-state index in [0.717, 1.165) is 21.5 Å². The lowest BCUT2D eigenvalue weighted by Gasteiger charge is -2.19. The first kappa shape index (κ1) is 16.0. The number of phenols is 1. The number of phenolic OH excluding ortho intramolecular Hbond substituents is 1. The molecule has 1 aliphatic rings. The van der Waals surface area contributed by atoms with Crippen LogP contribution in [0.2, 0.25) is 0 Å². The van der Waals surface area contributed by atoms with Gasteiger partial charge in [0.05, 0.1) is 16.6 Å². The Morgan fingerprint density at radius 2 is 1.34 bits per heavy atom. The molecule has 0 atom stereocenters. The van der Waals surface area contributed by atoms with Crippen LogP contribution in [0.15, 0.2) is 72.8 Å². The van der Waals surface area contributed by atoms with Gasteiger partial charge in [-0.05, 0) is 17.5 Å². The summed E-state index contributed by atoms with van der Waals surface area (Å²) in [5.74, 6) is -0.226. The Morgan fingerprint density at radius 1 is 0.655 bits per heavy atom. The molecule has 0 unspecified atom stereocenters.